The summed E-state index contributed by atoms with van der Waals surface area (Å²) < 4.78 is 10.5. The minimum Gasteiger partial charge on any atom is -0.494 e. The zero-order chi connectivity index (χ0) is 20.2. The summed E-state index contributed by atoms with van der Waals surface area (Å²) in [6.07, 6.45) is 6.45. The van der Waals surface area contributed by atoms with Gasteiger partial charge >= 0.3 is 0 Å². The predicted octanol–water partition coefficient (Wildman–Crippen LogP) is 3.89. The molecule has 2 fully saturated rings. The maximum absolute atomic E-state index is 13.2. The number of benzene rings is 1. The van der Waals surface area contributed by atoms with Crippen molar-refractivity contribution in [1.29, 1.82) is 0 Å². The molecular formula is C23H28N2O4. The Morgan fingerprint density at radius 3 is 2.48 bits per heavy atom. The number of furan rings is 1. The van der Waals surface area contributed by atoms with Gasteiger partial charge in [0.05, 0.1) is 24.5 Å². The molecule has 2 saturated heterocycles. The van der Waals surface area contributed by atoms with Crippen LogP contribution in [0.15, 0.2) is 47.3 Å². The lowest BCUT2D eigenvalue weighted by Gasteiger charge is -2.35. The number of nitrogens with zero attached hydrogens (tertiary/aromatic N) is 2. The summed E-state index contributed by atoms with van der Waals surface area (Å²) in [5, 5.41) is 0. The van der Waals surface area contributed by atoms with Crippen molar-refractivity contribution in [3.63, 3.8) is 0 Å². The fourth-order valence-electron chi connectivity index (χ4n) is 4.46. The molecule has 4 rings (SSSR count). The van der Waals surface area contributed by atoms with Crippen LogP contribution in [-0.4, -0.2) is 47.9 Å². The van der Waals surface area contributed by atoms with E-state index in [1.54, 1.807) is 6.07 Å². The number of carbonyl (C=O) groups excluding carboxylic acids is 2. The maximum atomic E-state index is 13.2. The van der Waals surface area contributed by atoms with E-state index in [2.05, 4.69) is 12.1 Å². The lowest BCUT2D eigenvalue weighted by molar-refractivity contribution is -0.137. The Morgan fingerprint density at radius 1 is 1.07 bits per heavy atom. The summed E-state index contributed by atoms with van der Waals surface area (Å²) in [5.41, 5.74) is 1.75. The van der Waals surface area contributed by atoms with E-state index in [1.807, 2.05) is 28.9 Å². The standard InChI is InChI=1S/C23H28N2O4/c1-2-29-20-7-5-17(6-8-20)21-4-3-12-25(21)23(27)18-9-13-24(14-10-18)22(26)19-11-15-28-16-19/h5-8,11,15-16,18,21H,2-4,9-10,12-14H2,1H3. The highest BCUT2D eigenvalue weighted by atomic mass is 16.5. The molecule has 2 aliphatic heterocycles. The number of likely N-dealkylation sites (tertiary alicyclic amines) is 2. The number of amides is 2. The molecule has 0 saturated carbocycles. The van der Waals surface area contributed by atoms with Crippen molar-refractivity contribution in [2.24, 2.45) is 5.92 Å². The molecular weight excluding hydrogens is 368 g/mol. The average Bonchev–Trinajstić information content (AvgIpc) is 3.46. The summed E-state index contributed by atoms with van der Waals surface area (Å²) in [7, 11) is 0. The van der Waals surface area contributed by atoms with Gasteiger partial charge in [0.2, 0.25) is 5.91 Å². The minimum atomic E-state index is -0.0157. The Labute approximate surface area is 171 Å². The summed E-state index contributed by atoms with van der Waals surface area (Å²) in [6, 6.07) is 9.95. The summed E-state index contributed by atoms with van der Waals surface area (Å²) in [6.45, 7) is 4.66. The van der Waals surface area contributed by atoms with Gasteiger partial charge in [-0.15, -0.1) is 0 Å². The van der Waals surface area contributed by atoms with Crippen molar-refractivity contribution in [3.05, 3.63) is 54.0 Å². The highest BCUT2D eigenvalue weighted by Crippen LogP contribution is 2.35. The molecule has 2 amide bonds. The van der Waals surface area contributed by atoms with Crippen LogP contribution in [0.2, 0.25) is 0 Å². The first-order valence-electron chi connectivity index (χ1n) is 10.5. The molecule has 0 N–H and O–H groups in total. The van der Waals surface area contributed by atoms with Gasteiger partial charge in [0.15, 0.2) is 0 Å². The molecule has 0 radical (unpaired) electrons. The Hall–Kier alpha value is -2.76. The van der Waals surface area contributed by atoms with E-state index < -0.39 is 0 Å². The first-order chi connectivity index (χ1) is 14.2. The smallest absolute Gasteiger partial charge is 0.257 e. The van der Waals surface area contributed by atoms with Gasteiger partial charge in [0.1, 0.15) is 12.0 Å². The van der Waals surface area contributed by atoms with Crippen LogP contribution in [0.3, 0.4) is 0 Å². The second-order valence-electron chi connectivity index (χ2n) is 7.77. The molecule has 1 atom stereocenters. The number of hydrogen-bond donors (Lipinski definition) is 0. The minimum absolute atomic E-state index is 0.00769. The Bertz CT molecular complexity index is 823. The molecule has 0 aliphatic carbocycles. The van der Waals surface area contributed by atoms with E-state index in [0.717, 1.165) is 38.0 Å². The van der Waals surface area contributed by atoms with Crippen LogP contribution in [0.5, 0.6) is 5.75 Å². The van der Waals surface area contributed by atoms with E-state index in [1.165, 1.54) is 18.1 Å². The Kier molecular flexibility index (Phi) is 5.88. The van der Waals surface area contributed by atoms with E-state index in [4.69, 9.17) is 9.15 Å². The zero-order valence-electron chi connectivity index (χ0n) is 16.9. The topological polar surface area (TPSA) is 63.0 Å². The molecule has 2 aromatic rings. The number of ether oxygens (including phenoxy) is 1. The molecule has 0 bridgehead atoms. The first-order valence-corrected chi connectivity index (χ1v) is 10.5. The first kappa shape index (κ1) is 19.6. The Balaban J connectivity index is 1.37. The Morgan fingerprint density at radius 2 is 1.83 bits per heavy atom. The molecule has 3 heterocycles. The molecule has 0 spiro atoms. The average molecular weight is 396 g/mol. The predicted molar refractivity (Wildman–Crippen MR) is 109 cm³/mol. The molecule has 1 aromatic heterocycles. The second-order valence-corrected chi connectivity index (χ2v) is 7.77. The quantitative estimate of drug-likeness (QED) is 0.769. The monoisotopic (exact) mass is 396 g/mol. The van der Waals surface area contributed by atoms with Crippen LogP contribution in [0.4, 0.5) is 0 Å². The third kappa shape index (κ3) is 4.16. The van der Waals surface area contributed by atoms with Crippen molar-refractivity contribution in [2.75, 3.05) is 26.2 Å². The van der Waals surface area contributed by atoms with Gasteiger partial charge in [0.25, 0.3) is 5.91 Å². The summed E-state index contributed by atoms with van der Waals surface area (Å²) >= 11 is 0. The fraction of sp³-hybridized carbons (Fsp3) is 0.478. The molecule has 2 aliphatic rings. The van der Waals surface area contributed by atoms with Crippen molar-refractivity contribution in [2.45, 2.75) is 38.6 Å². The molecule has 6 nitrogen and oxygen atoms in total. The summed E-state index contributed by atoms with van der Waals surface area (Å²) in [5.74, 6) is 1.07. The third-order valence-electron chi connectivity index (χ3n) is 6.01. The fourth-order valence-corrected chi connectivity index (χ4v) is 4.46. The van der Waals surface area contributed by atoms with Gasteiger partial charge < -0.3 is 19.0 Å². The third-order valence-corrected chi connectivity index (χ3v) is 6.01. The molecule has 29 heavy (non-hydrogen) atoms. The summed E-state index contributed by atoms with van der Waals surface area (Å²) in [4.78, 5) is 29.6. The van der Waals surface area contributed by atoms with E-state index in [0.29, 0.717) is 25.3 Å². The number of piperidine rings is 1. The lowest BCUT2D eigenvalue weighted by atomic mass is 9.94. The molecule has 1 aromatic carbocycles. The molecule has 6 heteroatoms. The van der Waals surface area contributed by atoms with Gasteiger partial charge in [-0.25, -0.2) is 0 Å². The van der Waals surface area contributed by atoms with Gasteiger partial charge in [-0.2, -0.15) is 0 Å². The van der Waals surface area contributed by atoms with Crippen molar-refractivity contribution in [3.8, 4) is 5.75 Å². The lowest BCUT2D eigenvalue weighted by Crippen LogP contribution is -2.44. The zero-order valence-corrected chi connectivity index (χ0v) is 16.9. The van der Waals surface area contributed by atoms with Gasteiger partial charge in [-0.3, -0.25) is 9.59 Å². The van der Waals surface area contributed by atoms with E-state index >= 15 is 0 Å². The van der Waals surface area contributed by atoms with Gasteiger partial charge in [-0.05, 0) is 56.4 Å². The largest absolute Gasteiger partial charge is 0.494 e. The highest BCUT2D eigenvalue weighted by molar-refractivity contribution is 5.94. The maximum Gasteiger partial charge on any atom is 0.257 e. The second kappa shape index (κ2) is 8.72. The SMILES string of the molecule is CCOc1ccc(C2CCCN2C(=O)C2CCN(C(=O)c3ccoc3)CC2)cc1. The highest BCUT2D eigenvalue weighted by Gasteiger charge is 2.36. The van der Waals surface area contributed by atoms with E-state index in [-0.39, 0.29) is 23.8 Å². The number of carbonyl (C=O) groups is 2. The normalized spacial score (nSPS) is 20.1. The van der Waals surface area contributed by atoms with E-state index in [9.17, 15) is 9.59 Å². The van der Waals surface area contributed by atoms with Gasteiger partial charge in [-0.1, -0.05) is 12.1 Å². The van der Waals surface area contributed by atoms with Crippen molar-refractivity contribution in [1.82, 2.24) is 9.80 Å². The number of rotatable bonds is 5. The van der Waals surface area contributed by atoms with Gasteiger partial charge in [0, 0.05) is 25.6 Å². The molecule has 154 valence electrons. The van der Waals surface area contributed by atoms with Crippen molar-refractivity contribution >= 4 is 11.8 Å². The van der Waals surface area contributed by atoms with Crippen LogP contribution < -0.4 is 4.74 Å². The molecule has 1 unspecified atom stereocenters. The van der Waals surface area contributed by atoms with Crippen LogP contribution >= 0.6 is 0 Å². The number of hydrogen-bond acceptors (Lipinski definition) is 4. The van der Waals surface area contributed by atoms with Crippen LogP contribution in [0.25, 0.3) is 0 Å². The van der Waals surface area contributed by atoms with Crippen LogP contribution in [-0.2, 0) is 4.79 Å². The van der Waals surface area contributed by atoms with Crippen LogP contribution in [0.1, 0.15) is 54.6 Å². The van der Waals surface area contributed by atoms with Crippen LogP contribution in [0, 0.1) is 5.92 Å². The van der Waals surface area contributed by atoms with Crippen molar-refractivity contribution < 1.29 is 18.7 Å².